The first kappa shape index (κ1) is 8.66. The lowest BCUT2D eigenvalue weighted by molar-refractivity contribution is 0.0205. The van der Waals surface area contributed by atoms with Crippen LogP contribution >= 0.6 is 0 Å². The maximum atomic E-state index is 9.24. The van der Waals surface area contributed by atoms with Crippen molar-refractivity contribution in [3.8, 4) is 0 Å². The molecule has 1 aliphatic carbocycles. The van der Waals surface area contributed by atoms with Crippen molar-refractivity contribution in [1.29, 1.82) is 0 Å². The van der Waals surface area contributed by atoms with Gasteiger partial charge in [0.15, 0.2) is 0 Å². The summed E-state index contributed by atoms with van der Waals surface area (Å²) in [5.74, 6) is 0. The molecule has 1 aromatic rings. The molecular formula is C10H14N2O. The zero-order chi connectivity index (χ0) is 9.47. The minimum atomic E-state index is -0.336. The van der Waals surface area contributed by atoms with Crippen LogP contribution in [0.4, 0.5) is 0 Å². The topological polar surface area (TPSA) is 59.1 Å². The number of nitrogens with two attached hydrogens (primary N) is 1. The molecule has 3 nitrogen and oxygen atoms in total. The third kappa shape index (κ3) is 1.34. The van der Waals surface area contributed by atoms with Gasteiger partial charge in [0, 0.05) is 17.4 Å². The van der Waals surface area contributed by atoms with Gasteiger partial charge in [-0.3, -0.25) is 4.98 Å². The summed E-state index contributed by atoms with van der Waals surface area (Å²) in [7, 11) is 0. The molecule has 70 valence electrons. The fourth-order valence-corrected chi connectivity index (χ4v) is 2.01. The minimum Gasteiger partial charge on any atom is -0.393 e. The van der Waals surface area contributed by atoms with Crippen molar-refractivity contribution in [2.24, 2.45) is 5.73 Å². The highest BCUT2D eigenvalue weighted by Crippen LogP contribution is 2.39. The van der Waals surface area contributed by atoms with Crippen LogP contribution in [0.15, 0.2) is 18.3 Å². The Balaban J connectivity index is 2.31. The quantitative estimate of drug-likeness (QED) is 0.665. The summed E-state index contributed by atoms with van der Waals surface area (Å²) < 4.78 is 0. The summed E-state index contributed by atoms with van der Waals surface area (Å²) in [6, 6.07) is 3.88. The largest absolute Gasteiger partial charge is 0.393 e. The molecular weight excluding hydrogens is 164 g/mol. The Morgan fingerprint density at radius 1 is 1.62 bits per heavy atom. The van der Waals surface area contributed by atoms with Gasteiger partial charge in [0.25, 0.3) is 0 Å². The number of pyridine rings is 1. The van der Waals surface area contributed by atoms with E-state index in [1.54, 1.807) is 6.20 Å². The molecule has 3 N–H and O–H groups in total. The molecule has 0 unspecified atom stereocenters. The number of nitrogens with zero attached hydrogens (tertiary/aromatic N) is 1. The molecule has 0 atom stereocenters. The second-order valence-corrected chi connectivity index (χ2v) is 3.85. The molecule has 3 heteroatoms. The molecule has 1 fully saturated rings. The zero-order valence-corrected chi connectivity index (χ0v) is 7.70. The summed E-state index contributed by atoms with van der Waals surface area (Å²) >= 11 is 0. The number of aromatic nitrogens is 1. The van der Waals surface area contributed by atoms with Crippen molar-refractivity contribution < 1.29 is 5.11 Å². The Kier molecular flexibility index (Phi) is 1.86. The standard InChI is InChI=1S/C10H14N2O/c1-7-9(3-2-4-12-7)10(11)5-8(13)6-10/h2-4,8,13H,5-6,11H2,1H3. The Bertz CT molecular complexity index is 318. The van der Waals surface area contributed by atoms with Crippen molar-refractivity contribution in [2.45, 2.75) is 31.4 Å². The first-order valence-corrected chi connectivity index (χ1v) is 4.51. The van der Waals surface area contributed by atoms with Crippen LogP contribution in [0.2, 0.25) is 0 Å². The van der Waals surface area contributed by atoms with Gasteiger partial charge in [0.1, 0.15) is 0 Å². The predicted octanol–water partition coefficient (Wildman–Crippen LogP) is 0.699. The zero-order valence-electron chi connectivity index (χ0n) is 7.70. The van der Waals surface area contributed by atoms with Crippen molar-refractivity contribution >= 4 is 0 Å². The van der Waals surface area contributed by atoms with E-state index in [0.717, 1.165) is 11.3 Å². The predicted molar refractivity (Wildman–Crippen MR) is 50.1 cm³/mol. The second-order valence-electron chi connectivity index (χ2n) is 3.85. The number of hydrogen-bond acceptors (Lipinski definition) is 3. The normalized spacial score (nSPS) is 32.7. The summed E-state index contributed by atoms with van der Waals surface area (Å²) in [4.78, 5) is 4.19. The summed E-state index contributed by atoms with van der Waals surface area (Å²) in [6.07, 6.45) is 2.83. The highest BCUT2D eigenvalue weighted by atomic mass is 16.3. The van der Waals surface area contributed by atoms with Crippen molar-refractivity contribution in [1.82, 2.24) is 4.98 Å². The molecule has 0 radical (unpaired) electrons. The highest BCUT2D eigenvalue weighted by Gasteiger charge is 2.42. The fourth-order valence-electron chi connectivity index (χ4n) is 2.01. The van der Waals surface area contributed by atoms with Gasteiger partial charge in [-0.05, 0) is 31.4 Å². The van der Waals surface area contributed by atoms with Crippen LogP contribution < -0.4 is 5.73 Å². The van der Waals surface area contributed by atoms with Crippen molar-refractivity contribution in [3.63, 3.8) is 0 Å². The molecule has 1 aliphatic rings. The van der Waals surface area contributed by atoms with E-state index in [-0.39, 0.29) is 11.6 Å². The van der Waals surface area contributed by atoms with Crippen LogP contribution in [0, 0.1) is 6.92 Å². The van der Waals surface area contributed by atoms with Gasteiger partial charge < -0.3 is 10.8 Å². The number of aryl methyl sites for hydroxylation is 1. The third-order valence-electron chi connectivity index (χ3n) is 2.74. The molecule has 0 aromatic carbocycles. The number of hydrogen-bond donors (Lipinski definition) is 2. The molecule has 0 spiro atoms. The monoisotopic (exact) mass is 178 g/mol. The summed E-state index contributed by atoms with van der Waals surface area (Å²) in [5.41, 5.74) is 7.82. The summed E-state index contributed by atoms with van der Waals surface area (Å²) in [5, 5.41) is 9.24. The third-order valence-corrected chi connectivity index (χ3v) is 2.74. The Labute approximate surface area is 77.6 Å². The first-order chi connectivity index (χ1) is 6.12. The van der Waals surface area contributed by atoms with Crippen molar-refractivity contribution in [3.05, 3.63) is 29.6 Å². The summed E-state index contributed by atoms with van der Waals surface area (Å²) in [6.45, 7) is 1.95. The minimum absolute atomic E-state index is 0.232. The fraction of sp³-hybridized carbons (Fsp3) is 0.500. The number of rotatable bonds is 1. The van der Waals surface area contributed by atoms with Gasteiger partial charge in [-0.2, -0.15) is 0 Å². The van der Waals surface area contributed by atoms with E-state index < -0.39 is 0 Å². The Morgan fingerprint density at radius 2 is 2.31 bits per heavy atom. The van der Waals surface area contributed by atoms with Crippen LogP contribution in [0.1, 0.15) is 24.1 Å². The van der Waals surface area contributed by atoms with E-state index in [1.807, 2.05) is 19.1 Å². The van der Waals surface area contributed by atoms with Gasteiger partial charge in [-0.1, -0.05) is 6.07 Å². The Morgan fingerprint density at radius 3 is 2.85 bits per heavy atom. The highest BCUT2D eigenvalue weighted by molar-refractivity contribution is 5.30. The molecule has 0 aliphatic heterocycles. The van der Waals surface area contributed by atoms with Crippen LogP contribution in [0.25, 0.3) is 0 Å². The van der Waals surface area contributed by atoms with Gasteiger partial charge in [0.05, 0.1) is 6.10 Å². The van der Waals surface area contributed by atoms with Crippen LogP contribution in [-0.2, 0) is 5.54 Å². The lowest BCUT2D eigenvalue weighted by Crippen LogP contribution is -2.52. The Hall–Kier alpha value is -0.930. The lowest BCUT2D eigenvalue weighted by atomic mass is 9.70. The molecule has 13 heavy (non-hydrogen) atoms. The first-order valence-electron chi connectivity index (χ1n) is 4.51. The van der Waals surface area contributed by atoms with E-state index in [0.29, 0.717) is 12.8 Å². The molecule has 1 saturated carbocycles. The van der Waals surface area contributed by atoms with Gasteiger partial charge >= 0.3 is 0 Å². The lowest BCUT2D eigenvalue weighted by Gasteiger charge is -2.43. The van der Waals surface area contributed by atoms with Crippen LogP contribution in [0.5, 0.6) is 0 Å². The number of aliphatic hydroxyl groups excluding tert-OH is 1. The smallest absolute Gasteiger partial charge is 0.0582 e. The maximum absolute atomic E-state index is 9.24. The van der Waals surface area contributed by atoms with Gasteiger partial charge in [0.2, 0.25) is 0 Å². The average Bonchev–Trinajstić information content (AvgIpc) is 2.02. The van der Waals surface area contributed by atoms with Crippen LogP contribution in [0.3, 0.4) is 0 Å². The van der Waals surface area contributed by atoms with Gasteiger partial charge in [-0.15, -0.1) is 0 Å². The molecule has 1 aromatic heterocycles. The molecule has 1 heterocycles. The van der Waals surface area contributed by atoms with Crippen LogP contribution in [-0.4, -0.2) is 16.2 Å². The number of aliphatic hydroxyl groups is 1. The molecule has 2 rings (SSSR count). The van der Waals surface area contributed by atoms with E-state index in [2.05, 4.69) is 4.98 Å². The average molecular weight is 178 g/mol. The van der Waals surface area contributed by atoms with E-state index in [1.165, 1.54) is 0 Å². The van der Waals surface area contributed by atoms with Gasteiger partial charge in [-0.25, -0.2) is 0 Å². The molecule has 0 bridgehead atoms. The SMILES string of the molecule is Cc1ncccc1C1(N)CC(O)C1. The van der Waals surface area contributed by atoms with E-state index in [4.69, 9.17) is 5.73 Å². The molecule has 0 saturated heterocycles. The maximum Gasteiger partial charge on any atom is 0.0582 e. The van der Waals surface area contributed by atoms with E-state index in [9.17, 15) is 5.11 Å². The molecule has 0 amide bonds. The van der Waals surface area contributed by atoms with E-state index >= 15 is 0 Å². The van der Waals surface area contributed by atoms with Crippen molar-refractivity contribution in [2.75, 3.05) is 0 Å². The second kappa shape index (κ2) is 2.79.